The van der Waals surface area contributed by atoms with E-state index in [-0.39, 0.29) is 19.5 Å². The average Bonchev–Trinajstić information content (AvgIpc) is 3.17. The monoisotopic (exact) mass is 368 g/mol. The van der Waals surface area contributed by atoms with Gasteiger partial charge in [-0.25, -0.2) is 9.48 Å². The minimum Gasteiger partial charge on any atom is -0.329 e. The number of benzene rings is 1. The van der Waals surface area contributed by atoms with Crippen molar-refractivity contribution in [2.45, 2.75) is 45.1 Å². The fourth-order valence-electron chi connectivity index (χ4n) is 3.22. The second kappa shape index (κ2) is 6.97. The summed E-state index contributed by atoms with van der Waals surface area (Å²) >= 11 is 0. The van der Waals surface area contributed by atoms with Crippen molar-refractivity contribution in [1.29, 1.82) is 0 Å². The van der Waals surface area contributed by atoms with Crippen molar-refractivity contribution in [2.24, 2.45) is 0 Å². The summed E-state index contributed by atoms with van der Waals surface area (Å²) in [5.41, 5.74) is 0.378. The lowest BCUT2D eigenvalue weighted by Crippen LogP contribution is -2.46. The van der Waals surface area contributed by atoms with Gasteiger partial charge in [-0.15, -0.1) is 0 Å². The molecular formula is C17H19F3N4O2. The predicted octanol–water partition coefficient (Wildman–Crippen LogP) is 1.95. The van der Waals surface area contributed by atoms with E-state index in [9.17, 15) is 22.8 Å². The molecule has 0 bridgehead atoms. The Labute approximate surface area is 147 Å². The highest BCUT2D eigenvalue weighted by Gasteiger charge is 2.47. The fraction of sp³-hybridized carbons (Fsp3) is 0.471. The molecule has 26 heavy (non-hydrogen) atoms. The Morgan fingerprint density at radius 2 is 1.96 bits per heavy atom. The zero-order valence-corrected chi connectivity index (χ0v) is 14.2. The quantitative estimate of drug-likeness (QED) is 0.829. The van der Waals surface area contributed by atoms with Crippen LogP contribution in [0.2, 0.25) is 0 Å². The van der Waals surface area contributed by atoms with E-state index in [0.717, 1.165) is 15.1 Å². The first-order chi connectivity index (χ1) is 12.3. The van der Waals surface area contributed by atoms with Crippen LogP contribution in [0.4, 0.5) is 13.2 Å². The van der Waals surface area contributed by atoms with Crippen molar-refractivity contribution in [3.63, 3.8) is 0 Å². The summed E-state index contributed by atoms with van der Waals surface area (Å²) in [5, 5.41) is 4.04. The molecule has 0 saturated carbocycles. The second-order valence-electron chi connectivity index (χ2n) is 6.35. The average molecular weight is 368 g/mol. The van der Waals surface area contributed by atoms with Gasteiger partial charge in [0.2, 0.25) is 5.91 Å². The standard InChI is InChI=1S/C17H19F3N4O2/c1-12-21-24(16(26)23(12)10-13-6-3-2-4-7-13)11-15(25)22-9-5-8-14(22)17(18,19)20/h2-4,6-7,14H,5,8-11H2,1H3. The Morgan fingerprint density at radius 3 is 2.62 bits per heavy atom. The van der Waals surface area contributed by atoms with Crippen LogP contribution >= 0.6 is 0 Å². The summed E-state index contributed by atoms with van der Waals surface area (Å²) in [4.78, 5) is 25.6. The summed E-state index contributed by atoms with van der Waals surface area (Å²) in [6.45, 7) is 1.46. The molecule has 0 radical (unpaired) electrons. The first-order valence-electron chi connectivity index (χ1n) is 8.31. The minimum absolute atomic E-state index is 0.0431. The van der Waals surface area contributed by atoms with E-state index in [4.69, 9.17) is 0 Å². The van der Waals surface area contributed by atoms with Crippen LogP contribution in [0.3, 0.4) is 0 Å². The minimum atomic E-state index is -4.46. The molecule has 2 heterocycles. The normalized spacial score (nSPS) is 17.7. The molecule has 1 aliphatic rings. The van der Waals surface area contributed by atoms with Crippen LogP contribution in [0.25, 0.3) is 0 Å². The number of aromatic nitrogens is 3. The highest BCUT2D eigenvalue weighted by Crippen LogP contribution is 2.32. The molecule has 1 aliphatic heterocycles. The van der Waals surface area contributed by atoms with Gasteiger partial charge in [-0.2, -0.15) is 18.3 Å². The number of carbonyl (C=O) groups is 1. The Morgan fingerprint density at radius 1 is 1.27 bits per heavy atom. The van der Waals surface area contributed by atoms with Crippen LogP contribution in [0.15, 0.2) is 35.1 Å². The van der Waals surface area contributed by atoms with Gasteiger partial charge in [-0.1, -0.05) is 30.3 Å². The van der Waals surface area contributed by atoms with Crippen molar-refractivity contribution >= 4 is 5.91 Å². The van der Waals surface area contributed by atoms with Gasteiger partial charge in [0, 0.05) is 6.54 Å². The number of halogens is 3. The van der Waals surface area contributed by atoms with Crippen molar-refractivity contribution in [3.8, 4) is 0 Å². The van der Waals surface area contributed by atoms with Gasteiger partial charge in [0.25, 0.3) is 0 Å². The van der Waals surface area contributed by atoms with Crippen molar-refractivity contribution in [3.05, 3.63) is 52.2 Å². The lowest BCUT2D eigenvalue weighted by Gasteiger charge is -2.26. The molecule has 9 heteroatoms. The third-order valence-corrected chi connectivity index (χ3v) is 4.53. The first kappa shape index (κ1) is 18.2. The highest BCUT2D eigenvalue weighted by molar-refractivity contribution is 5.76. The summed E-state index contributed by atoms with van der Waals surface area (Å²) in [7, 11) is 0. The van der Waals surface area contributed by atoms with Gasteiger partial charge in [0.1, 0.15) is 18.4 Å². The van der Waals surface area contributed by atoms with E-state index in [1.165, 1.54) is 4.57 Å². The number of hydrogen-bond acceptors (Lipinski definition) is 3. The van der Waals surface area contributed by atoms with Crippen molar-refractivity contribution in [1.82, 2.24) is 19.2 Å². The van der Waals surface area contributed by atoms with E-state index in [1.807, 2.05) is 30.3 Å². The van der Waals surface area contributed by atoms with Crippen LogP contribution in [-0.4, -0.2) is 43.9 Å². The summed E-state index contributed by atoms with van der Waals surface area (Å²) in [5.74, 6) is -0.336. The summed E-state index contributed by atoms with van der Waals surface area (Å²) < 4.78 is 41.4. The van der Waals surface area contributed by atoms with Crippen LogP contribution in [0.1, 0.15) is 24.2 Å². The van der Waals surface area contributed by atoms with Gasteiger partial charge in [0.05, 0.1) is 6.54 Å². The molecule has 1 unspecified atom stereocenters. The first-order valence-corrected chi connectivity index (χ1v) is 8.31. The van der Waals surface area contributed by atoms with E-state index in [0.29, 0.717) is 12.2 Å². The zero-order valence-electron chi connectivity index (χ0n) is 14.2. The molecule has 0 spiro atoms. The number of alkyl halides is 3. The Hall–Kier alpha value is -2.58. The smallest absolute Gasteiger partial charge is 0.329 e. The molecule has 1 fully saturated rings. The Kier molecular flexibility index (Phi) is 4.88. The molecular weight excluding hydrogens is 349 g/mol. The lowest BCUT2D eigenvalue weighted by molar-refractivity contribution is -0.183. The number of hydrogen-bond donors (Lipinski definition) is 0. The lowest BCUT2D eigenvalue weighted by atomic mass is 10.2. The van der Waals surface area contributed by atoms with Crippen molar-refractivity contribution < 1.29 is 18.0 Å². The Bertz CT molecular complexity index is 842. The maximum Gasteiger partial charge on any atom is 0.408 e. The van der Waals surface area contributed by atoms with Gasteiger partial charge >= 0.3 is 11.9 Å². The SMILES string of the molecule is Cc1nn(CC(=O)N2CCCC2C(F)(F)F)c(=O)n1Cc1ccccc1. The van der Waals surface area contributed by atoms with Crippen LogP contribution in [0.5, 0.6) is 0 Å². The fourth-order valence-corrected chi connectivity index (χ4v) is 3.22. The maximum atomic E-state index is 13.0. The molecule has 3 rings (SSSR count). The van der Waals surface area contributed by atoms with Crippen LogP contribution in [0, 0.1) is 6.92 Å². The maximum absolute atomic E-state index is 13.0. The number of likely N-dealkylation sites (tertiary alicyclic amines) is 1. The molecule has 140 valence electrons. The molecule has 6 nitrogen and oxygen atoms in total. The molecule has 1 amide bonds. The van der Waals surface area contributed by atoms with E-state index < -0.39 is 30.4 Å². The third-order valence-electron chi connectivity index (χ3n) is 4.53. The predicted molar refractivity (Wildman–Crippen MR) is 87.6 cm³/mol. The second-order valence-corrected chi connectivity index (χ2v) is 6.35. The van der Waals surface area contributed by atoms with Gasteiger partial charge < -0.3 is 4.90 Å². The van der Waals surface area contributed by atoms with Gasteiger partial charge in [-0.05, 0) is 25.3 Å². The molecule has 0 N–H and O–H groups in total. The molecule has 1 aromatic heterocycles. The van der Waals surface area contributed by atoms with Crippen LogP contribution in [-0.2, 0) is 17.9 Å². The summed E-state index contributed by atoms with van der Waals surface area (Å²) in [6.07, 6.45) is -4.27. The number of amides is 1. The number of rotatable bonds is 4. The topological polar surface area (TPSA) is 60.1 Å². The van der Waals surface area contributed by atoms with Crippen LogP contribution < -0.4 is 5.69 Å². The van der Waals surface area contributed by atoms with E-state index in [1.54, 1.807) is 6.92 Å². The van der Waals surface area contributed by atoms with E-state index >= 15 is 0 Å². The molecule has 1 saturated heterocycles. The summed E-state index contributed by atoms with van der Waals surface area (Å²) in [6, 6.07) is 7.47. The number of nitrogens with zero attached hydrogens (tertiary/aromatic N) is 4. The molecule has 0 aliphatic carbocycles. The van der Waals surface area contributed by atoms with Gasteiger partial charge in [0.15, 0.2) is 0 Å². The van der Waals surface area contributed by atoms with Crippen molar-refractivity contribution in [2.75, 3.05) is 6.54 Å². The number of carbonyl (C=O) groups excluding carboxylic acids is 1. The molecule has 2 aromatic rings. The highest BCUT2D eigenvalue weighted by atomic mass is 19.4. The molecule has 1 aromatic carbocycles. The zero-order chi connectivity index (χ0) is 18.9. The van der Waals surface area contributed by atoms with Gasteiger partial charge in [-0.3, -0.25) is 9.36 Å². The number of aryl methyl sites for hydroxylation is 1. The largest absolute Gasteiger partial charge is 0.408 e. The molecule has 1 atom stereocenters. The van der Waals surface area contributed by atoms with E-state index in [2.05, 4.69) is 5.10 Å². The Balaban J connectivity index is 1.77. The third kappa shape index (κ3) is 3.66.